The second-order valence-electron chi connectivity index (χ2n) is 6.86. The van der Waals surface area contributed by atoms with Crippen molar-refractivity contribution >= 4 is 22.4 Å². The van der Waals surface area contributed by atoms with E-state index in [2.05, 4.69) is 41.5 Å². The van der Waals surface area contributed by atoms with E-state index in [1.807, 2.05) is 33.3 Å². The maximum atomic E-state index is 12.6. The zero-order chi connectivity index (χ0) is 16.8. The zero-order valence-corrected chi connectivity index (χ0v) is 14.5. The number of hydrogen-bond donors (Lipinski definition) is 0. The minimum Gasteiger partial charge on any atom is -0.462 e. The van der Waals surface area contributed by atoms with Crippen LogP contribution in [0.3, 0.4) is 0 Å². The lowest BCUT2D eigenvalue weighted by molar-refractivity contribution is -0.136. The Kier molecular flexibility index (Phi) is 3.71. The first-order valence-electron chi connectivity index (χ1n) is 8.04. The molecule has 0 N–H and O–H groups in total. The molecule has 1 aliphatic heterocycles. The summed E-state index contributed by atoms with van der Waals surface area (Å²) in [6, 6.07) is 8.34. The number of rotatable bonds is 2. The van der Waals surface area contributed by atoms with Gasteiger partial charge in [-0.15, -0.1) is 0 Å². The fourth-order valence-electron chi connectivity index (χ4n) is 3.78. The van der Waals surface area contributed by atoms with Crippen LogP contribution in [-0.2, 0) is 22.0 Å². The van der Waals surface area contributed by atoms with Crippen molar-refractivity contribution in [2.24, 2.45) is 7.05 Å². The number of aromatic nitrogens is 1. The van der Waals surface area contributed by atoms with Crippen LogP contribution >= 0.6 is 0 Å². The molecule has 4 heteroatoms. The van der Waals surface area contributed by atoms with Crippen molar-refractivity contribution in [3.8, 4) is 0 Å². The average Bonchev–Trinajstić information content (AvgIpc) is 2.72. The Balaban J connectivity index is 2.36. The first kappa shape index (κ1) is 15.7. The first-order valence-corrected chi connectivity index (χ1v) is 8.04. The Morgan fingerprint density at radius 1 is 1.26 bits per heavy atom. The number of carbonyl (C=O) groups excluding carboxylic acids is 1. The Bertz CT molecular complexity index is 799. The molecule has 1 aromatic heterocycles. The van der Waals surface area contributed by atoms with Gasteiger partial charge in [-0.25, -0.2) is 4.79 Å². The normalized spacial score (nSPS) is 16.7. The van der Waals surface area contributed by atoms with Crippen LogP contribution in [-0.4, -0.2) is 35.6 Å². The highest BCUT2D eigenvalue weighted by Gasteiger charge is 2.35. The summed E-state index contributed by atoms with van der Waals surface area (Å²) in [5.41, 5.74) is 3.90. The average molecular weight is 312 g/mol. The second-order valence-corrected chi connectivity index (χ2v) is 6.86. The minimum absolute atomic E-state index is 0.0737. The number of likely N-dealkylation sites (N-methyl/N-ethyl adjacent to an activating group) is 1. The predicted molar refractivity (Wildman–Crippen MR) is 93.2 cm³/mol. The Hall–Kier alpha value is -2.23. The number of esters is 1. The van der Waals surface area contributed by atoms with E-state index in [0.29, 0.717) is 12.2 Å². The third kappa shape index (κ3) is 2.42. The van der Waals surface area contributed by atoms with E-state index in [-0.39, 0.29) is 11.4 Å². The van der Waals surface area contributed by atoms with E-state index in [1.165, 1.54) is 10.9 Å². The lowest BCUT2D eigenvalue weighted by Crippen LogP contribution is -2.30. The van der Waals surface area contributed by atoms with Gasteiger partial charge in [-0.2, -0.15) is 0 Å². The van der Waals surface area contributed by atoms with Crippen LogP contribution in [0.5, 0.6) is 0 Å². The van der Waals surface area contributed by atoms with Crippen molar-refractivity contribution in [2.45, 2.75) is 26.2 Å². The molecular weight excluding hydrogens is 288 g/mol. The fraction of sp³-hybridized carbons (Fsp3) is 0.421. The van der Waals surface area contributed by atoms with Crippen LogP contribution in [0.1, 0.15) is 32.0 Å². The molecule has 1 aromatic carbocycles. The maximum absolute atomic E-state index is 12.6. The van der Waals surface area contributed by atoms with Crippen molar-refractivity contribution in [1.29, 1.82) is 0 Å². The number of aryl methyl sites for hydroxylation is 1. The SMILES string of the molecule is CCOC(=O)C1=CN(C)CC(C)(C)c2c1n(C)c1ccccc21. The van der Waals surface area contributed by atoms with Crippen molar-refractivity contribution in [3.63, 3.8) is 0 Å². The van der Waals surface area contributed by atoms with Gasteiger partial charge < -0.3 is 14.2 Å². The lowest BCUT2D eigenvalue weighted by Gasteiger charge is -2.28. The summed E-state index contributed by atoms with van der Waals surface area (Å²) in [5, 5.41) is 1.21. The third-order valence-electron chi connectivity index (χ3n) is 4.53. The van der Waals surface area contributed by atoms with Crippen molar-refractivity contribution < 1.29 is 9.53 Å². The van der Waals surface area contributed by atoms with Crippen molar-refractivity contribution in [3.05, 3.63) is 41.7 Å². The molecule has 4 nitrogen and oxygen atoms in total. The van der Waals surface area contributed by atoms with Gasteiger partial charge in [-0.3, -0.25) is 0 Å². The highest BCUT2D eigenvalue weighted by Crippen LogP contribution is 2.41. The van der Waals surface area contributed by atoms with Gasteiger partial charge in [0.25, 0.3) is 0 Å². The van der Waals surface area contributed by atoms with Crippen LogP contribution < -0.4 is 0 Å². The van der Waals surface area contributed by atoms with E-state index in [1.54, 1.807) is 0 Å². The monoisotopic (exact) mass is 312 g/mol. The number of benzene rings is 1. The van der Waals surface area contributed by atoms with Gasteiger partial charge in [-0.1, -0.05) is 32.0 Å². The highest BCUT2D eigenvalue weighted by atomic mass is 16.5. The first-order chi connectivity index (χ1) is 10.9. The predicted octanol–water partition coefficient (Wildman–Crippen LogP) is 3.31. The van der Waals surface area contributed by atoms with E-state index in [0.717, 1.165) is 17.8 Å². The summed E-state index contributed by atoms with van der Waals surface area (Å²) in [6.07, 6.45) is 1.92. The number of hydrogen-bond acceptors (Lipinski definition) is 3. The molecule has 1 aliphatic rings. The molecular formula is C19H24N2O2. The smallest absolute Gasteiger partial charge is 0.341 e. The van der Waals surface area contributed by atoms with Gasteiger partial charge >= 0.3 is 5.97 Å². The molecule has 122 valence electrons. The van der Waals surface area contributed by atoms with Gasteiger partial charge in [-0.05, 0) is 18.6 Å². The van der Waals surface area contributed by atoms with E-state index < -0.39 is 0 Å². The summed E-state index contributed by atoms with van der Waals surface area (Å²) >= 11 is 0. The summed E-state index contributed by atoms with van der Waals surface area (Å²) in [7, 11) is 4.03. The molecule has 0 fully saturated rings. The molecule has 0 amide bonds. The zero-order valence-electron chi connectivity index (χ0n) is 14.5. The topological polar surface area (TPSA) is 34.5 Å². The molecule has 0 bridgehead atoms. The molecule has 23 heavy (non-hydrogen) atoms. The number of nitrogens with zero attached hydrogens (tertiary/aromatic N) is 2. The Morgan fingerprint density at radius 2 is 1.96 bits per heavy atom. The maximum Gasteiger partial charge on any atom is 0.341 e. The van der Waals surface area contributed by atoms with E-state index in [4.69, 9.17) is 4.74 Å². The molecule has 3 rings (SSSR count). The van der Waals surface area contributed by atoms with Crippen LogP contribution in [0.15, 0.2) is 30.5 Å². The summed E-state index contributed by atoms with van der Waals surface area (Å²) in [4.78, 5) is 14.7. The second kappa shape index (κ2) is 5.44. The number of para-hydroxylation sites is 1. The molecule has 0 atom stereocenters. The molecule has 0 aliphatic carbocycles. The molecule has 0 saturated heterocycles. The minimum atomic E-state index is -0.260. The van der Waals surface area contributed by atoms with Crippen molar-refractivity contribution in [1.82, 2.24) is 9.47 Å². The number of ether oxygens (including phenoxy) is 1. The molecule has 2 aromatic rings. The molecule has 2 heterocycles. The fourth-order valence-corrected chi connectivity index (χ4v) is 3.78. The van der Waals surface area contributed by atoms with E-state index >= 15 is 0 Å². The quantitative estimate of drug-likeness (QED) is 0.798. The van der Waals surface area contributed by atoms with Crippen LogP contribution in [0, 0.1) is 0 Å². The van der Waals surface area contributed by atoms with Gasteiger partial charge in [0.1, 0.15) is 0 Å². The molecule has 0 saturated carbocycles. The highest BCUT2D eigenvalue weighted by molar-refractivity contribution is 6.18. The number of fused-ring (bicyclic) bond motifs is 3. The van der Waals surface area contributed by atoms with Gasteiger partial charge in [0.15, 0.2) is 0 Å². The van der Waals surface area contributed by atoms with Crippen LogP contribution in [0.4, 0.5) is 0 Å². The van der Waals surface area contributed by atoms with E-state index in [9.17, 15) is 4.79 Å². The third-order valence-corrected chi connectivity index (χ3v) is 4.53. The Labute approximate surface area is 137 Å². The summed E-state index contributed by atoms with van der Waals surface area (Å²) in [5.74, 6) is -0.260. The molecule has 0 spiro atoms. The largest absolute Gasteiger partial charge is 0.462 e. The lowest BCUT2D eigenvalue weighted by atomic mass is 9.82. The van der Waals surface area contributed by atoms with Crippen molar-refractivity contribution in [2.75, 3.05) is 20.2 Å². The molecule has 0 unspecified atom stereocenters. The van der Waals surface area contributed by atoms with Crippen LogP contribution in [0.2, 0.25) is 0 Å². The van der Waals surface area contributed by atoms with Gasteiger partial charge in [0, 0.05) is 43.2 Å². The summed E-state index contributed by atoms with van der Waals surface area (Å²) < 4.78 is 7.43. The number of carbonyl (C=O) groups is 1. The van der Waals surface area contributed by atoms with Crippen LogP contribution in [0.25, 0.3) is 16.5 Å². The Morgan fingerprint density at radius 3 is 2.65 bits per heavy atom. The molecule has 0 radical (unpaired) electrons. The van der Waals surface area contributed by atoms with Gasteiger partial charge in [0.05, 0.1) is 17.9 Å². The summed E-state index contributed by atoms with van der Waals surface area (Å²) in [6.45, 7) is 7.53. The standard InChI is InChI=1S/C19H24N2O2/c1-6-23-18(22)14-11-20(4)12-19(2,3)16-13-9-7-8-10-15(13)21(5)17(14)16/h7-11H,6,12H2,1-5H3. The van der Waals surface area contributed by atoms with Gasteiger partial charge in [0.2, 0.25) is 0 Å².